The van der Waals surface area contributed by atoms with Gasteiger partial charge in [0.25, 0.3) is 5.56 Å². The number of rotatable bonds is 4. The molecule has 2 fully saturated rings. The fourth-order valence-corrected chi connectivity index (χ4v) is 7.27. The highest BCUT2D eigenvalue weighted by atomic mass is 16.8. The fourth-order valence-electron chi connectivity index (χ4n) is 7.27. The molecule has 2 aromatic rings. The molecule has 10 nitrogen and oxygen atoms in total. The van der Waals surface area contributed by atoms with Crippen LogP contribution in [0.15, 0.2) is 41.2 Å². The van der Waals surface area contributed by atoms with Crippen LogP contribution >= 0.6 is 0 Å². The Kier molecular flexibility index (Phi) is 6.39. The van der Waals surface area contributed by atoms with Gasteiger partial charge in [-0.3, -0.25) is 19.6 Å². The lowest BCUT2D eigenvalue weighted by atomic mass is 9.69. The van der Waals surface area contributed by atoms with Gasteiger partial charge in [-0.25, -0.2) is 0 Å². The first kappa shape index (κ1) is 24.9. The smallest absolute Gasteiger partial charge is 0.309 e. The molecule has 1 amide bonds. The second-order valence-corrected chi connectivity index (χ2v) is 11.0. The number of anilines is 2. The molecule has 4 aliphatic rings. The van der Waals surface area contributed by atoms with Crippen LogP contribution in [0.1, 0.15) is 43.4 Å². The molecular weight excluding hydrogens is 488 g/mol. The van der Waals surface area contributed by atoms with Crippen molar-refractivity contribution in [3.05, 3.63) is 63.2 Å². The van der Waals surface area contributed by atoms with Crippen LogP contribution < -0.4 is 15.7 Å². The van der Waals surface area contributed by atoms with Crippen molar-refractivity contribution in [1.29, 1.82) is 0 Å². The average molecular weight is 522 g/mol. The Morgan fingerprint density at radius 2 is 1.95 bits per heavy atom. The number of ether oxygens (including phenoxy) is 1. The molecule has 1 N–H and O–H groups in total. The monoisotopic (exact) mass is 521 g/mol. The Bertz CT molecular complexity index is 1300. The number of benzene rings is 1. The third-order valence-corrected chi connectivity index (χ3v) is 8.96. The van der Waals surface area contributed by atoms with Crippen LogP contribution in [0.4, 0.5) is 11.4 Å². The predicted molar refractivity (Wildman–Crippen MR) is 140 cm³/mol. The van der Waals surface area contributed by atoms with E-state index in [-0.39, 0.29) is 58.1 Å². The van der Waals surface area contributed by atoms with E-state index in [9.17, 15) is 24.8 Å². The van der Waals surface area contributed by atoms with E-state index in [0.717, 1.165) is 23.4 Å². The zero-order valence-corrected chi connectivity index (χ0v) is 21.5. The maximum atomic E-state index is 14.1. The summed E-state index contributed by atoms with van der Waals surface area (Å²) >= 11 is 0. The van der Waals surface area contributed by atoms with Gasteiger partial charge in [-0.05, 0) is 68.4 Å². The lowest BCUT2D eigenvalue weighted by Gasteiger charge is -2.55. The summed E-state index contributed by atoms with van der Waals surface area (Å²) in [6.45, 7) is 4.38. The topological polar surface area (TPSA) is 118 Å². The second kappa shape index (κ2) is 9.74. The van der Waals surface area contributed by atoms with E-state index >= 15 is 0 Å². The van der Waals surface area contributed by atoms with Gasteiger partial charge in [0.2, 0.25) is 5.91 Å². The first-order valence-electron chi connectivity index (χ1n) is 13.6. The summed E-state index contributed by atoms with van der Waals surface area (Å²) in [6, 6.07) is 10.5. The summed E-state index contributed by atoms with van der Waals surface area (Å²) in [5, 5.41) is 21.0. The van der Waals surface area contributed by atoms with Crippen LogP contribution in [0.25, 0.3) is 0 Å². The van der Waals surface area contributed by atoms with E-state index < -0.39 is 0 Å². The van der Waals surface area contributed by atoms with Gasteiger partial charge in [-0.1, -0.05) is 6.07 Å². The first-order valence-corrected chi connectivity index (χ1v) is 13.6. The van der Waals surface area contributed by atoms with E-state index in [4.69, 9.17) is 4.74 Å². The molecular formula is C28H33N4O6-. The van der Waals surface area contributed by atoms with Gasteiger partial charge >= 0.3 is 5.97 Å². The van der Waals surface area contributed by atoms with Crippen LogP contribution in [-0.4, -0.2) is 58.8 Å². The van der Waals surface area contributed by atoms with Crippen LogP contribution in [0, 0.1) is 23.0 Å². The number of carbonyl (C=O) groups excluding carboxylic acids is 2. The minimum absolute atomic E-state index is 0.00565. The normalized spacial score (nSPS) is 26.2. The summed E-state index contributed by atoms with van der Waals surface area (Å²) < 4.78 is 7.07. The van der Waals surface area contributed by atoms with E-state index in [1.807, 2.05) is 27.7 Å². The van der Waals surface area contributed by atoms with E-state index in [2.05, 4.69) is 4.90 Å². The number of piperidine rings is 2. The Labute approximate surface area is 220 Å². The number of esters is 1. The average Bonchev–Trinajstić information content (AvgIpc) is 2.92. The van der Waals surface area contributed by atoms with Crippen molar-refractivity contribution in [1.82, 2.24) is 9.47 Å². The van der Waals surface area contributed by atoms with E-state index in [0.29, 0.717) is 52.0 Å². The maximum Gasteiger partial charge on any atom is 0.309 e. The van der Waals surface area contributed by atoms with Gasteiger partial charge in [0.15, 0.2) is 0 Å². The molecule has 10 heteroatoms. The molecule has 202 valence electrons. The summed E-state index contributed by atoms with van der Waals surface area (Å²) in [5.74, 6) is -0.410. The van der Waals surface area contributed by atoms with Crippen molar-refractivity contribution in [2.45, 2.75) is 51.1 Å². The van der Waals surface area contributed by atoms with Crippen LogP contribution in [0.2, 0.25) is 0 Å². The van der Waals surface area contributed by atoms with E-state index in [1.54, 1.807) is 25.1 Å². The Morgan fingerprint density at radius 3 is 2.68 bits per heavy atom. The molecule has 1 aromatic carbocycles. The van der Waals surface area contributed by atoms with Crippen LogP contribution in [0.5, 0.6) is 0 Å². The molecule has 5 heterocycles. The summed E-state index contributed by atoms with van der Waals surface area (Å²) in [4.78, 5) is 43.2. The summed E-state index contributed by atoms with van der Waals surface area (Å²) in [5.41, 5.74) is 3.00. The molecule has 0 spiro atoms. The highest BCUT2D eigenvalue weighted by Crippen LogP contribution is 2.48. The molecule has 0 aliphatic carbocycles. The highest BCUT2D eigenvalue weighted by Gasteiger charge is 2.50. The molecule has 6 rings (SSSR count). The van der Waals surface area contributed by atoms with Crippen molar-refractivity contribution in [2.75, 3.05) is 36.4 Å². The fraction of sp³-hybridized carbons (Fsp3) is 0.536. The summed E-state index contributed by atoms with van der Waals surface area (Å²) in [7, 11) is 0. The zero-order valence-electron chi connectivity index (χ0n) is 21.5. The largest absolute Gasteiger partial charge is 0.733 e. The molecule has 4 unspecified atom stereocenters. The van der Waals surface area contributed by atoms with Crippen LogP contribution in [0.3, 0.4) is 0 Å². The van der Waals surface area contributed by atoms with Gasteiger partial charge in [0.05, 0.1) is 24.1 Å². The first-order chi connectivity index (χ1) is 18.4. The number of nitrogens with zero attached hydrogens (tertiary/aromatic N) is 4. The van der Waals surface area contributed by atoms with E-state index in [1.165, 1.54) is 0 Å². The minimum atomic E-state index is -0.359. The van der Waals surface area contributed by atoms with Crippen molar-refractivity contribution in [2.24, 2.45) is 17.8 Å². The molecule has 0 saturated carbocycles. The van der Waals surface area contributed by atoms with Crippen molar-refractivity contribution >= 4 is 23.3 Å². The highest BCUT2D eigenvalue weighted by molar-refractivity contribution is 5.83. The SMILES string of the molecule is CCOC(=O)C1CCN(C(=O)C2Cc3cc(N([O-])O)ccc3N3CC4CC(Cn5c4cccc5=O)C23)CC1. The number of amides is 1. The molecule has 0 radical (unpaired) electrons. The number of carbonyl (C=O) groups is 2. The van der Waals surface area contributed by atoms with Crippen LogP contribution in [-0.2, 0) is 27.3 Å². The number of likely N-dealkylation sites (tertiary alicyclic amines) is 1. The standard InChI is InChI=1S/C28H33N4O6/c1-2-38-28(35)17-8-10-29(11-9-17)27(34)22-14-18-13-21(32(36)37)6-7-24(18)31-15-19-12-20(26(22)31)16-30-23(19)4-3-5-25(30)33/h3-7,13,17,19-20,22,26,36H,2,8-12,14-16H2,1H3/q-1. The van der Waals surface area contributed by atoms with Crippen molar-refractivity contribution in [3.63, 3.8) is 0 Å². The minimum Gasteiger partial charge on any atom is -0.733 e. The Balaban J connectivity index is 1.33. The van der Waals surface area contributed by atoms with Crippen molar-refractivity contribution < 1.29 is 19.5 Å². The quantitative estimate of drug-likeness (QED) is 0.482. The lowest BCUT2D eigenvalue weighted by Crippen LogP contribution is -2.61. The molecule has 2 saturated heterocycles. The van der Waals surface area contributed by atoms with Crippen molar-refractivity contribution in [3.8, 4) is 0 Å². The van der Waals surface area contributed by atoms with Gasteiger partial charge in [0, 0.05) is 55.6 Å². The zero-order chi connectivity index (χ0) is 26.6. The molecule has 38 heavy (non-hydrogen) atoms. The maximum absolute atomic E-state index is 14.1. The Hall–Kier alpha value is -3.37. The van der Waals surface area contributed by atoms with Gasteiger partial charge in [-0.2, -0.15) is 0 Å². The number of fused-ring (bicyclic) bond motifs is 8. The molecule has 4 atom stereocenters. The number of hydrogen-bond donors (Lipinski definition) is 1. The predicted octanol–water partition coefficient (Wildman–Crippen LogP) is 2.51. The molecule has 2 bridgehead atoms. The summed E-state index contributed by atoms with van der Waals surface area (Å²) in [6.07, 6.45) is 2.52. The number of aromatic nitrogens is 1. The van der Waals surface area contributed by atoms with Gasteiger partial charge in [0.1, 0.15) is 0 Å². The van der Waals surface area contributed by atoms with Gasteiger partial charge < -0.3 is 29.5 Å². The second-order valence-electron chi connectivity index (χ2n) is 11.0. The Morgan fingerprint density at radius 1 is 1.16 bits per heavy atom. The molecule has 1 aromatic heterocycles. The number of pyridine rings is 1. The third-order valence-electron chi connectivity index (χ3n) is 8.96. The van der Waals surface area contributed by atoms with Gasteiger partial charge in [-0.15, -0.1) is 0 Å². The third kappa shape index (κ3) is 4.16. The number of hydrogen-bond acceptors (Lipinski definition) is 8. The lowest BCUT2D eigenvalue weighted by molar-refractivity contribution is -0.152. The molecule has 4 aliphatic heterocycles.